The molecule has 0 aromatic heterocycles. The van der Waals surface area contributed by atoms with Crippen LogP contribution in [0.4, 0.5) is 0 Å². The topological polar surface area (TPSA) is 15.3 Å². The predicted molar refractivity (Wildman–Crippen MR) is 82.6 cm³/mol. The van der Waals surface area contributed by atoms with Crippen LogP contribution in [0.25, 0.3) is 0 Å². The van der Waals surface area contributed by atoms with E-state index in [0.29, 0.717) is 0 Å². The normalized spacial score (nSPS) is 19.3. The van der Waals surface area contributed by atoms with E-state index in [0.717, 1.165) is 12.5 Å². The standard InChI is InChI=1S/C17H28N2/c1-13-9-14(2)17(15(3)10-13)12-19(4)8-6-16-5-7-18-11-16/h9-10,16,18H,5-8,11-12H2,1-4H3. The van der Waals surface area contributed by atoms with Crippen molar-refractivity contribution in [2.24, 2.45) is 5.92 Å². The van der Waals surface area contributed by atoms with Crippen LogP contribution in [0.1, 0.15) is 35.1 Å². The second kappa shape index (κ2) is 6.53. The molecule has 2 rings (SSSR count). The van der Waals surface area contributed by atoms with Gasteiger partial charge in [0, 0.05) is 6.54 Å². The molecule has 1 aliphatic rings. The number of rotatable bonds is 5. The maximum absolute atomic E-state index is 3.45. The van der Waals surface area contributed by atoms with Gasteiger partial charge in [-0.15, -0.1) is 0 Å². The van der Waals surface area contributed by atoms with Crippen molar-refractivity contribution in [1.29, 1.82) is 0 Å². The Hall–Kier alpha value is -0.860. The van der Waals surface area contributed by atoms with Gasteiger partial charge in [0.1, 0.15) is 0 Å². The van der Waals surface area contributed by atoms with Gasteiger partial charge >= 0.3 is 0 Å². The summed E-state index contributed by atoms with van der Waals surface area (Å²) in [6.07, 6.45) is 2.68. The van der Waals surface area contributed by atoms with Gasteiger partial charge in [-0.3, -0.25) is 0 Å². The van der Waals surface area contributed by atoms with Crippen LogP contribution in [0.2, 0.25) is 0 Å². The molecule has 1 aromatic carbocycles. The van der Waals surface area contributed by atoms with Crippen molar-refractivity contribution in [2.45, 2.75) is 40.2 Å². The summed E-state index contributed by atoms with van der Waals surface area (Å²) in [6.45, 7) is 11.4. The first-order valence-electron chi connectivity index (χ1n) is 7.52. The van der Waals surface area contributed by atoms with E-state index >= 15 is 0 Å². The molecule has 0 spiro atoms. The molecule has 0 radical (unpaired) electrons. The monoisotopic (exact) mass is 260 g/mol. The van der Waals surface area contributed by atoms with Gasteiger partial charge in [0.15, 0.2) is 0 Å². The van der Waals surface area contributed by atoms with Crippen LogP contribution >= 0.6 is 0 Å². The smallest absolute Gasteiger partial charge is 0.0235 e. The molecule has 1 aliphatic heterocycles. The maximum Gasteiger partial charge on any atom is 0.0235 e. The average molecular weight is 260 g/mol. The van der Waals surface area contributed by atoms with E-state index in [1.54, 1.807) is 0 Å². The molecule has 0 saturated carbocycles. The number of hydrogen-bond acceptors (Lipinski definition) is 2. The third-order valence-corrected chi connectivity index (χ3v) is 4.35. The highest BCUT2D eigenvalue weighted by Crippen LogP contribution is 2.19. The average Bonchev–Trinajstić information content (AvgIpc) is 2.84. The Labute approximate surface area is 118 Å². The lowest BCUT2D eigenvalue weighted by Crippen LogP contribution is -2.23. The summed E-state index contributed by atoms with van der Waals surface area (Å²) in [5.41, 5.74) is 5.76. The van der Waals surface area contributed by atoms with Crippen molar-refractivity contribution in [2.75, 3.05) is 26.7 Å². The van der Waals surface area contributed by atoms with Gasteiger partial charge in [0.2, 0.25) is 0 Å². The minimum Gasteiger partial charge on any atom is -0.316 e. The summed E-state index contributed by atoms with van der Waals surface area (Å²) < 4.78 is 0. The highest BCUT2D eigenvalue weighted by atomic mass is 15.1. The maximum atomic E-state index is 3.45. The molecule has 19 heavy (non-hydrogen) atoms. The zero-order valence-electron chi connectivity index (χ0n) is 12.9. The molecule has 1 unspecified atom stereocenters. The lowest BCUT2D eigenvalue weighted by molar-refractivity contribution is 0.297. The van der Waals surface area contributed by atoms with E-state index in [9.17, 15) is 0 Å². The van der Waals surface area contributed by atoms with Crippen molar-refractivity contribution in [3.05, 3.63) is 34.4 Å². The van der Waals surface area contributed by atoms with Crippen LogP contribution in [0.3, 0.4) is 0 Å². The largest absolute Gasteiger partial charge is 0.316 e. The Bertz CT molecular complexity index is 396. The zero-order valence-corrected chi connectivity index (χ0v) is 12.9. The second-order valence-corrected chi connectivity index (χ2v) is 6.26. The fourth-order valence-electron chi connectivity index (χ4n) is 3.17. The Morgan fingerprint density at radius 2 is 1.89 bits per heavy atom. The van der Waals surface area contributed by atoms with Gasteiger partial charge < -0.3 is 10.2 Å². The first-order chi connectivity index (χ1) is 9.06. The predicted octanol–water partition coefficient (Wildman–Crippen LogP) is 3.04. The molecule has 0 amide bonds. The van der Waals surface area contributed by atoms with E-state index in [1.165, 1.54) is 54.7 Å². The van der Waals surface area contributed by atoms with Crippen molar-refractivity contribution >= 4 is 0 Å². The molecule has 1 fully saturated rings. The molecular formula is C17H28N2. The van der Waals surface area contributed by atoms with Crippen molar-refractivity contribution in [3.8, 4) is 0 Å². The number of nitrogens with one attached hydrogen (secondary N) is 1. The lowest BCUT2D eigenvalue weighted by atomic mass is 9.99. The fraction of sp³-hybridized carbons (Fsp3) is 0.647. The van der Waals surface area contributed by atoms with Gasteiger partial charge in [-0.05, 0) is 82.9 Å². The van der Waals surface area contributed by atoms with E-state index in [4.69, 9.17) is 0 Å². The molecule has 1 atom stereocenters. The summed E-state index contributed by atoms with van der Waals surface area (Å²) in [5, 5.41) is 3.45. The first kappa shape index (κ1) is 14.5. The molecular weight excluding hydrogens is 232 g/mol. The first-order valence-corrected chi connectivity index (χ1v) is 7.52. The number of nitrogens with zero attached hydrogens (tertiary/aromatic N) is 1. The van der Waals surface area contributed by atoms with Crippen LogP contribution in [-0.2, 0) is 6.54 Å². The molecule has 1 aromatic rings. The molecule has 1 heterocycles. The second-order valence-electron chi connectivity index (χ2n) is 6.26. The minimum absolute atomic E-state index is 0.891. The molecule has 2 heteroatoms. The summed E-state index contributed by atoms with van der Waals surface area (Å²) in [7, 11) is 2.25. The van der Waals surface area contributed by atoms with Crippen molar-refractivity contribution < 1.29 is 0 Å². The molecule has 1 saturated heterocycles. The molecule has 2 nitrogen and oxygen atoms in total. The molecule has 0 aliphatic carbocycles. The van der Waals surface area contributed by atoms with Crippen LogP contribution < -0.4 is 5.32 Å². The van der Waals surface area contributed by atoms with Gasteiger partial charge in [0.25, 0.3) is 0 Å². The summed E-state index contributed by atoms with van der Waals surface area (Å²) in [5.74, 6) is 0.891. The molecule has 0 bridgehead atoms. The quantitative estimate of drug-likeness (QED) is 0.875. The van der Waals surface area contributed by atoms with Crippen LogP contribution in [0.5, 0.6) is 0 Å². The van der Waals surface area contributed by atoms with E-state index in [-0.39, 0.29) is 0 Å². The van der Waals surface area contributed by atoms with Crippen LogP contribution in [-0.4, -0.2) is 31.6 Å². The zero-order chi connectivity index (χ0) is 13.8. The summed E-state index contributed by atoms with van der Waals surface area (Å²) >= 11 is 0. The van der Waals surface area contributed by atoms with Gasteiger partial charge in [-0.2, -0.15) is 0 Å². The highest BCUT2D eigenvalue weighted by molar-refractivity contribution is 5.37. The van der Waals surface area contributed by atoms with E-state index in [1.807, 2.05) is 0 Å². The molecule has 1 N–H and O–H groups in total. The number of aryl methyl sites for hydroxylation is 3. The summed E-state index contributed by atoms with van der Waals surface area (Å²) in [6, 6.07) is 4.61. The fourth-order valence-corrected chi connectivity index (χ4v) is 3.17. The van der Waals surface area contributed by atoms with Crippen LogP contribution in [0, 0.1) is 26.7 Å². The van der Waals surface area contributed by atoms with Gasteiger partial charge in [-0.1, -0.05) is 17.7 Å². The SMILES string of the molecule is Cc1cc(C)c(CN(C)CCC2CCNC2)c(C)c1. The third-order valence-electron chi connectivity index (χ3n) is 4.35. The Balaban J connectivity index is 1.89. The Kier molecular flexibility index (Phi) is 5.00. The summed E-state index contributed by atoms with van der Waals surface area (Å²) in [4.78, 5) is 2.48. The Morgan fingerprint density at radius 3 is 2.47 bits per heavy atom. The van der Waals surface area contributed by atoms with Crippen LogP contribution in [0.15, 0.2) is 12.1 Å². The third kappa shape index (κ3) is 4.05. The van der Waals surface area contributed by atoms with E-state index < -0.39 is 0 Å². The highest BCUT2D eigenvalue weighted by Gasteiger charge is 2.15. The lowest BCUT2D eigenvalue weighted by Gasteiger charge is -2.21. The van der Waals surface area contributed by atoms with Gasteiger partial charge in [-0.25, -0.2) is 0 Å². The van der Waals surface area contributed by atoms with E-state index in [2.05, 4.69) is 50.2 Å². The Morgan fingerprint density at radius 1 is 1.21 bits per heavy atom. The van der Waals surface area contributed by atoms with Gasteiger partial charge in [0.05, 0.1) is 0 Å². The number of benzene rings is 1. The minimum atomic E-state index is 0.891. The molecule has 106 valence electrons. The van der Waals surface area contributed by atoms with Crippen molar-refractivity contribution in [3.63, 3.8) is 0 Å². The number of hydrogen-bond donors (Lipinski definition) is 1. The van der Waals surface area contributed by atoms with Crippen molar-refractivity contribution in [1.82, 2.24) is 10.2 Å².